The smallest absolute Gasteiger partial charge is 0.311 e. The number of Topliss-reactive ketones (excluding diaryl/α,β-unsaturated/α-hetero) is 1. The Kier molecular flexibility index (Phi) is 19.7. The molecule has 0 radical (unpaired) electrons. The molecule has 2 fully saturated rings. The third-order valence-corrected chi connectivity index (χ3v) is 12.2. The third-order valence-electron chi connectivity index (χ3n) is 12.2. The highest BCUT2D eigenvalue weighted by molar-refractivity contribution is 5.99. The number of epoxide rings is 1. The molecule has 0 saturated carbocycles. The number of ketones is 1. The predicted molar refractivity (Wildman–Crippen MR) is 257 cm³/mol. The van der Waals surface area contributed by atoms with E-state index in [0.29, 0.717) is 55.9 Å². The number of benzene rings is 3. The van der Waals surface area contributed by atoms with Crippen LogP contribution < -0.4 is 30.7 Å². The third kappa shape index (κ3) is 16.3. The largest absolute Gasteiger partial charge is 0.477 e. The highest BCUT2D eigenvalue weighted by Gasteiger charge is 2.50. The molecule has 3 aromatic rings. The molecule has 2 aliphatic heterocycles. The number of hydrogen-bond acceptors (Lipinski definition) is 10. The summed E-state index contributed by atoms with van der Waals surface area (Å²) in [6.45, 7) is 13.7. The predicted octanol–water partition coefficient (Wildman–Crippen LogP) is 4.63. The van der Waals surface area contributed by atoms with E-state index in [2.05, 4.69) is 27.2 Å². The highest BCUT2D eigenvalue weighted by atomic mass is 16.6. The van der Waals surface area contributed by atoms with Crippen molar-refractivity contribution in [2.75, 3.05) is 46.1 Å². The average molecular weight is 937 g/mol. The normalized spacial score (nSPS) is 17.9. The molecule has 0 spiro atoms. The second-order valence-electron chi connectivity index (χ2n) is 19.0. The van der Waals surface area contributed by atoms with Crippen molar-refractivity contribution >= 4 is 35.4 Å². The van der Waals surface area contributed by atoms with Crippen LogP contribution in [0, 0.1) is 24.2 Å². The topological polar surface area (TPSA) is 191 Å². The van der Waals surface area contributed by atoms with Gasteiger partial charge in [0, 0.05) is 18.4 Å². The van der Waals surface area contributed by atoms with Crippen molar-refractivity contribution in [1.82, 2.24) is 21.3 Å². The van der Waals surface area contributed by atoms with Crippen LogP contribution in [0.5, 0.6) is 11.5 Å². The lowest BCUT2D eigenvalue weighted by Crippen LogP contribution is -2.61. The molecular weight excluding hydrogens is 867 g/mol. The second kappa shape index (κ2) is 25.3. The van der Waals surface area contributed by atoms with E-state index in [-0.39, 0.29) is 74.7 Å². The molecule has 0 aliphatic carbocycles. The second-order valence-corrected chi connectivity index (χ2v) is 19.0. The minimum atomic E-state index is -1.09. The van der Waals surface area contributed by atoms with Gasteiger partial charge in [-0.1, -0.05) is 101 Å². The number of esters is 1. The molecule has 68 heavy (non-hydrogen) atoms. The van der Waals surface area contributed by atoms with Crippen molar-refractivity contribution in [3.8, 4) is 23.8 Å². The number of ether oxygens (including phenoxy) is 4. The maximum absolute atomic E-state index is 14.5. The molecule has 2 saturated heterocycles. The minimum Gasteiger partial charge on any atom is -0.477 e. The number of nitrogens with zero attached hydrogens (tertiary/aromatic N) is 1. The van der Waals surface area contributed by atoms with Gasteiger partial charge in [0.15, 0.2) is 23.8 Å². The first-order chi connectivity index (χ1) is 32.5. The summed E-state index contributed by atoms with van der Waals surface area (Å²) in [5.41, 5.74) is 1.61. The summed E-state index contributed by atoms with van der Waals surface area (Å²) >= 11 is 0. The number of rotatable bonds is 26. The molecule has 2 heterocycles. The van der Waals surface area contributed by atoms with Gasteiger partial charge in [0.1, 0.15) is 50.0 Å². The van der Waals surface area contributed by atoms with Crippen LogP contribution in [-0.2, 0) is 57.6 Å². The lowest BCUT2D eigenvalue weighted by Gasteiger charge is -2.41. The summed E-state index contributed by atoms with van der Waals surface area (Å²) in [5, 5.41) is 11.8. The molecule has 15 heteroatoms. The molecule has 4 amide bonds. The molecule has 3 aromatic carbocycles. The van der Waals surface area contributed by atoms with Gasteiger partial charge in [-0.05, 0) is 73.8 Å². The summed E-state index contributed by atoms with van der Waals surface area (Å²) in [6.07, 6.45) is 7.11. The maximum Gasteiger partial charge on any atom is 0.311 e. The summed E-state index contributed by atoms with van der Waals surface area (Å²) in [7, 11) is 0. The van der Waals surface area contributed by atoms with Crippen molar-refractivity contribution in [2.45, 2.75) is 116 Å². The molecular formula is C53H70N5O10+. The van der Waals surface area contributed by atoms with E-state index in [0.717, 1.165) is 16.7 Å². The fourth-order valence-electron chi connectivity index (χ4n) is 8.32. The van der Waals surface area contributed by atoms with Crippen LogP contribution >= 0.6 is 0 Å². The highest BCUT2D eigenvalue weighted by Crippen LogP contribution is 2.32. The Morgan fingerprint density at radius 2 is 1.31 bits per heavy atom. The molecule has 4 unspecified atom stereocenters. The lowest BCUT2D eigenvalue weighted by atomic mass is 9.93. The number of amides is 4. The first-order valence-electron chi connectivity index (χ1n) is 23.8. The van der Waals surface area contributed by atoms with Crippen LogP contribution in [-0.4, -0.2) is 116 Å². The summed E-state index contributed by atoms with van der Waals surface area (Å²) in [4.78, 5) is 83.1. The van der Waals surface area contributed by atoms with Crippen LogP contribution in [0.2, 0.25) is 0 Å². The number of aryl methyl sites for hydroxylation is 1. The van der Waals surface area contributed by atoms with E-state index in [1.807, 2.05) is 94.4 Å². The van der Waals surface area contributed by atoms with E-state index >= 15 is 0 Å². The number of quaternary nitrogens is 1. The van der Waals surface area contributed by atoms with Crippen LogP contribution in [0.25, 0.3) is 0 Å². The zero-order valence-electron chi connectivity index (χ0n) is 40.5. The van der Waals surface area contributed by atoms with Crippen LogP contribution in [0.1, 0.15) is 83.9 Å². The molecule has 0 aromatic heterocycles. The fraction of sp³-hybridized carbons (Fsp3) is 0.509. The van der Waals surface area contributed by atoms with Gasteiger partial charge in [-0.2, -0.15) is 0 Å². The molecule has 366 valence electrons. The van der Waals surface area contributed by atoms with Crippen molar-refractivity contribution in [3.05, 3.63) is 95.6 Å². The quantitative estimate of drug-likeness (QED) is 0.0291. The summed E-state index contributed by atoms with van der Waals surface area (Å²) in [5.74, 6) is 0.390. The standard InChI is InChI=1S/C53H69N5O10/c1-8-26-66-46-32-40(21-23-45(46)68-48(60)9-2)33-58(24-27-65-28-25-58)34-47(59)54-41(22-20-38-16-12-10-13-17-38)50(62)56-43(30-37(5)6)51(63)57-44(31-39-18-14-11-15-19-39)52(64)55-42(29-36(3)4)49(61)53(7)35-67-53/h1,10-19,21,23,32,36-37,41-44H,9,20,22,24-31,33-35H2,2-7H3,(H3-,54,55,56,57,59,62,63,64)/p+1/t41?,42?,43?,44?,53-/m1/s1. The number of terminal acetylenes is 1. The zero-order valence-corrected chi connectivity index (χ0v) is 40.5. The van der Waals surface area contributed by atoms with Gasteiger partial charge in [-0.25, -0.2) is 0 Å². The average Bonchev–Trinajstić information content (AvgIpc) is 4.07. The van der Waals surface area contributed by atoms with E-state index in [1.165, 1.54) is 0 Å². The lowest BCUT2D eigenvalue weighted by molar-refractivity contribution is -0.940. The monoisotopic (exact) mass is 937 g/mol. The van der Waals surface area contributed by atoms with Crippen LogP contribution in [0.3, 0.4) is 0 Å². The van der Waals surface area contributed by atoms with Gasteiger partial charge >= 0.3 is 5.97 Å². The summed E-state index contributed by atoms with van der Waals surface area (Å²) < 4.78 is 22.7. The molecule has 15 nitrogen and oxygen atoms in total. The van der Waals surface area contributed by atoms with Crippen molar-refractivity contribution in [3.63, 3.8) is 0 Å². The number of carbonyl (C=O) groups is 6. The Labute approximate surface area is 401 Å². The SMILES string of the molecule is C#CCOc1cc(C[N+]2(CC(=O)NC(CCc3ccccc3)C(=O)NC(CC(C)C)C(=O)NC(Cc3ccccc3)C(=O)NC(CC(C)C)C(=O)[C@@]3(C)CO3)CCOCC2)ccc1OC(=O)CC. The maximum atomic E-state index is 14.5. The first-order valence-corrected chi connectivity index (χ1v) is 23.8. The van der Waals surface area contributed by atoms with E-state index < -0.39 is 53.5 Å². The number of nitrogens with one attached hydrogen (secondary N) is 4. The molecule has 2 aliphatic rings. The van der Waals surface area contributed by atoms with Crippen molar-refractivity contribution < 1.29 is 52.2 Å². The molecule has 0 bridgehead atoms. The van der Waals surface area contributed by atoms with Gasteiger partial charge in [-0.3, -0.25) is 28.8 Å². The molecule has 5 atom stereocenters. The molecule has 5 rings (SSSR count). The van der Waals surface area contributed by atoms with Crippen LogP contribution in [0.4, 0.5) is 0 Å². The van der Waals surface area contributed by atoms with E-state index in [4.69, 9.17) is 25.4 Å². The molecule has 4 N–H and O–H groups in total. The first kappa shape index (κ1) is 52.9. The Balaban J connectivity index is 1.36. The fourth-order valence-corrected chi connectivity index (χ4v) is 8.32. The van der Waals surface area contributed by atoms with E-state index in [1.54, 1.807) is 26.0 Å². The van der Waals surface area contributed by atoms with Gasteiger partial charge in [0.05, 0.1) is 25.9 Å². The van der Waals surface area contributed by atoms with Gasteiger partial charge < -0.3 is 44.7 Å². The summed E-state index contributed by atoms with van der Waals surface area (Å²) in [6, 6.07) is 20.1. The number of morpholine rings is 1. The Bertz CT molecular complexity index is 2220. The Hall–Kier alpha value is -6.08. The number of hydrogen-bond donors (Lipinski definition) is 4. The van der Waals surface area contributed by atoms with Gasteiger partial charge in [0.25, 0.3) is 5.91 Å². The Morgan fingerprint density at radius 3 is 1.91 bits per heavy atom. The Morgan fingerprint density at radius 1 is 0.735 bits per heavy atom. The zero-order chi connectivity index (χ0) is 49.3. The van der Waals surface area contributed by atoms with Crippen molar-refractivity contribution in [1.29, 1.82) is 0 Å². The van der Waals surface area contributed by atoms with Crippen LogP contribution in [0.15, 0.2) is 78.9 Å². The van der Waals surface area contributed by atoms with Gasteiger partial charge in [0.2, 0.25) is 17.7 Å². The van der Waals surface area contributed by atoms with Gasteiger partial charge in [-0.15, -0.1) is 6.42 Å². The number of carbonyl (C=O) groups excluding carboxylic acids is 6. The minimum absolute atomic E-state index is 0.0172. The van der Waals surface area contributed by atoms with Crippen molar-refractivity contribution in [2.24, 2.45) is 11.8 Å². The van der Waals surface area contributed by atoms with E-state index in [9.17, 15) is 28.8 Å².